The van der Waals surface area contributed by atoms with Crippen molar-refractivity contribution in [3.8, 4) is 0 Å². The predicted molar refractivity (Wildman–Crippen MR) is 199 cm³/mol. The number of Topliss-reactive ketones (excluding diaryl/α,β-unsaturated/α-hetero) is 2. The topological polar surface area (TPSA) is 202 Å². The van der Waals surface area contributed by atoms with E-state index in [0.29, 0.717) is 19.3 Å². The van der Waals surface area contributed by atoms with Gasteiger partial charge < -0.3 is 39.6 Å². The molecule has 2 amide bonds. The van der Waals surface area contributed by atoms with Crippen molar-refractivity contribution < 1.29 is 57.2 Å². The van der Waals surface area contributed by atoms with Crippen LogP contribution in [0.2, 0.25) is 0 Å². The summed E-state index contributed by atoms with van der Waals surface area (Å²) in [5, 5.41) is 8.28. The second-order valence-electron chi connectivity index (χ2n) is 15.2. The first-order valence-electron chi connectivity index (χ1n) is 19.3. The molecular weight excluding hydrogens is 714 g/mol. The summed E-state index contributed by atoms with van der Waals surface area (Å²) in [7, 11) is 1.82. The van der Waals surface area contributed by atoms with E-state index in [1.165, 1.54) is 6.92 Å². The lowest BCUT2D eigenvalue weighted by Gasteiger charge is -2.23. The van der Waals surface area contributed by atoms with E-state index in [2.05, 4.69) is 16.0 Å². The molecule has 2 heterocycles. The van der Waals surface area contributed by atoms with Crippen molar-refractivity contribution in [3.63, 3.8) is 0 Å². The van der Waals surface area contributed by atoms with Gasteiger partial charge >= 0.3 is 17.9 Å². The zero-order valence-electron chi connectivity index (χ0n) is 33.0. The molecule has 3 N–H and O–H groups in total. The number of rotatable bonds is 24. The lowest BCUT2D eigenvalue weighted by Crippen LogP contribution is -2.48. The van der Waals surface area contributed by atoms with Gasteiger partial charge in [0.05, 0.1) is 25.6 Å². The number of amides is 2. The molecule has 2 aliphatic heterocycles. The smallest absolute Gasteiger partial charge is 0.329 e. The summed E-state index contributed by atoms with van der Waals surface area (Å²) in [6.07, 6.45) is -1.78. The molecule has 0 spiro atoms. The van der Waals surface area contributed by atoms with E-state index in [4.69, 9.17) is 23.7 Å². The molecule has 2 fully saturated rings. The summed E-state index contributed by atoms with van der Waals surface area (Å²) >= 11 is 0. The van der Waals surface area contributed by atoms with Gasteiger partial charge in [-0.05, 0) is 70.0 Å². The Morgan fingerprint density at radius 1 is 0.745 bits per heavy atom. The molecule has 3 rings (SSSR count). The number of unbranched alkanes of at least 4 members (excludes halogenated alkanes) is 1. The molecule has 55 heavy (non-hydrogen) atoms. The van der Waals surface area contributed by atoms with Crippen molar-refractivity contribution in [2.45, 2.75) is 129 Å². The summed E-state index contributed by atoms with van der Waals surface area (Å²) in [6.45, 7) is 9.62. The van der Waals surface area contributed by atoms with Crippen molar-refractivity contribution in [1.82, 2.24) is 16.0 Å². The van der Waals surface area contributed by atoms with Crippen molar-refractivity contribution in [1.29, 1.82) is 0 Å². The minimum Gasteiger partial charge on any atom is -0.459 e. The largest absolute Gasteiger partial charge is 0.459 e. The monoisotopic (exact) mass is 773 g/mol. The maximum Gasteiger partial charge on any atom is 0.329 e. The molecule has 7 atom stereocenters. The van der Waals surface area contributed by atoms with Gasteiger partial charge in [-0.25, -0.2) is 9.59 Å². The first-order valence-corrected chi connectivity index (χ1v) is 19.3. The summed E-state index contributed by atoms with van der Waals surface area (Å²) in [5.41, 5.74) is 0.795. The van der Waals surface area contributed by atoms with Crippen LogP contribution in [0, 0.1) is 17.8 Å². The highest BCUT2D eigenvalue weighted by Gasteiger charge is 2.52. The molecule has 1 aromatic carbocycles. The number of esters is 3. The average molecular weight is 774 g/mol. The Labute approximate surface area is 323 Å². The first-order chi connectivity index (χ1) is 26.2. The fraction of sp³-hybridized carbons (Fsp3) is 0.675. The Morgan fingerprint density at radius 3 is 1.89 bits per heavy atom. The predicted octanol–water partition coefficient (Wildman–Crippen LogP) is 2.75. The lowest BCUT2D eigenvalue weighted by atomic mass is 9.91. The van der Waals surface area contributed by atoms with Crippen LogP contribution >= 0.6 is 0 Å². The molecule has 0 aliphatic carbocycles. The standard InChI is InChI=1S/C40H59N3O12/c1-24(2)16-28(19-29(45)18-26(5)44)38(48)54-32-22-51-37-33(23-52-36(32)37)55-40(50)31(17-25(3)4)43-35(47)20-34(46)42-30(14-10-11-15-41-6)39(49)53-21-27-12-8-7-9-13-27/h7-9,12-13,24-25,28,30-33,36-37,41H,10-11,14-23H2,1-6H3,(H,42,46)(H,43,47). The molecule has 15 heteroatoms. The van der Waals surface area contributed by atoms with Crippen LogP contribution in [-0.4, -0.2) is 105 Å². The summed E-state index contributed by atoms with van der Waals surface area (Å²) in [6, 6.07) is 7.09. The van der Waals surface area contributed by atoms with Gasteiger partial charge in [0.15, 0.2) is 12.2 Å². The lowest BCUT2D eigenvalue weighted by molar-refractivity contribution is -0.161. The van der Waals surface area contributed by atoms with Crippen LogP contribution in [0.4, 0.5) is 0 Å². The SMILES string of the molecule is CNCCCCC(NC(=O)CC(=O)NC(CC(C)C)C(=O)OC1COC2C(OC(=O)C(CC(=O)CC(C)=O)CC(C)C)COC12)C(=O)OCc1ccccc1. The van der Waals surface area contributed by atoms with Crippen molar-refractivity contribution in [3.05, 3.63) is 35.9 Å². The Balaban J connectivity index is 1.56. The molecule has 1 aromatic rings. The van der Waals surface area contributed by atoms with Gasteiger partial charge in [0.2, 0.25) is 11.8 Å². The van der Waals surface area contributed by atoms with E-state index in [-0.39, 0.29) is 62.5 Å². The second kappa shape index (κ2) is 23.0. The van der Waals surface area contributed by atoms with E-state index >= 15 is 0 Å². The summed E-state index contributed by atoms with van der Waals surface area (Å²) in [4.78, 5) is 89.4. The van der Waals surface area contributed by atoms with Gasteiger partial charge in [-0.3, -0.25) is 24.0 Å². The van der Waals surface area contributed by atoms with Crippen LogP contribution in [0.3, 0.4) is 0 Å². The molecule has 2 saturated heterocycles. The van der Waals surface area contributed by atoms with Crippen LogP contribution in [0.5, 0.6) is 0 Å². The van der Waals surface area contributed by atoms with Crippen molar-refractivity contribution >= 4 is 41.3 Å². The summed E-state index contributed by atoms with van der Waals surface area (Å²) in [5.74, 6) is -4.64. The van der Waals surface area contributed by atoms with E-state index in [9.17, 15) is 33.6 Å². The Kier molecular flexibility index (Phi) is 18.9. The molecule has 0 saturated carbocycles. The van der Waals surface area contributed by atoms with E-state index in [0.717, 1.165) is 18.5 Å². The number of hydrogen-bond acceptors (Lipinski definition) is 13. The molecule has 306 valence electrons. The summed E-state index contributed by atoms with van der Waals surface area (Å²) < 4.78 is 28.7. The third-order valence-electron chi connectivity index (χ3n) is 9.17. The van der Waals surface area contributed by atoms with Crippen LogP contribution in [0.25, 0.3) is 0 Å². The fourth-order valence-electron chi connectivity index (χ4n) is 6.62. The highest BCUT2D eigenvalue weighted by molar-refractivity contribution is 6.00. The van der Waals surface area contributed by atoms with Crippen molar-refractivity contribution in [2.75, 3.05) is 26.8 Å². The Hall–Kier alpha value is -4.21. The van der Waals surface area contributed by atoms with E-state index in [1.807, 2.05) is 65.1 Å². The van der Waals surface area contributed by atoms with Gasteiger partial charge in [-0.1, -0.05) is 58.0 Å². The Bertz CT molecular complexity index is 1450. The third kappa shape index (κ3) is 15.8. The number of carbonyl (C=O) groups excluding carboxylic acids is 7. The number of ketones is 2. The second-order valence-corrected chi connectivity index (χ2v) is 15.2. The number of nitrogens with one attached hydrogen (secondary N) is 3. The van der Waals surface area contributed by atoms with Crippen LogP contribution in [0.1, 0.15) is 91.5 Å². The van der Waals surface area contributed by atoms with Crippen LogP contribution in [0.15, 0.2) is 30.3 Å². The Morgan fingerprint density at radius 2 is 1.33 bits per heavy atom. The fourth-order valence-corrected chi connectivity index (χ4v) is 6.62. The highest BCUT2D eigenvalue weighted by atomic mass is 16.7. The maximum absolute atomic E-state index is 13.4. The van der Waals surface area contributed by atoms with Gasteiger partial charge in [-0.2, -0.15) is 0 Å². The number of hydrogen-bond donors (Lipinski definition) is 3. The third-order valence-corrected chi connectivity index (χ3v) is 9.17. The molecule has 0 bridgehead atoms. The molecular formula is C40H59N3O12. The number of benzene rings is 1. The quantitative estimate of drug-likeness (QED) is 0.0600. The van der Waals surface area contributed by atoms with Gasteiger partial charge in [0.25, 0.3) is 0 Å². The molecule has 7 unspecified atom stereocenters. The highest BCUT2D eigenvalue weighted by Crippen LogP contribution is 2.32. The van der Waals surface area contributed by atoms with Gasteiger partial charge in [-0.15, -0.1) is 0 Å². The molecule has 0 aromatic heterocycles. The van der Waals surface area contributed by atoms with Gasteiger partial charge in [0, 0.05) is 6.42 Å². The molecule has 15 nitrogen and oxygen atoms in total. The zero-order chi connectivity index (χ0) is 40.5. The number of ether oxygens (including phenoxy) is 5. The van der Waals surface area contributed by atoms with Crippen molar-refractivity contribution in [2.24, 2.45) is 17.8 Å². The minimum absolute atomic E-state index is 0.0114. The molecule has 2 aliphatic rings. The molecule has 0 radical (unpaired) electrons. The maximum atomic E-state index is 13.4. The van der Waals surface area contributed by atoms with E-state index < -0.39 is 78.6 Å². The normalized spacial score (nSPS) is 20.6. The number of carbonyl (C=O) groups is 7. The van der Waals surface area contributed by atoms with Crippen LogP contribution in [-0.2, 0) is 63.9 Å². The average Bonchev–Trinajstić information content (AvgIpc) is 3.70. The zero-order valence-corrected chi connectivity index (χ0v) is 33.0. The van der Waals surface area contributed by atoms with Gasteiger partial charge in [0.1, 0.15) is 48.9 Å². The van der Waals surface area contributed by atoms with E-state index in [1.54, 1.807) is 0 Å². The first kappa shape index (κ1) is 45.2. The number of fused-ring (bicyclic) bond motifs is 1. The van der Waals surface area contributed by atoms with Crippen LogP contribution < -0.4 is 16.0 Å². The minimum atomic E-state index is -1.09.